The van der Waals surface area contributed by atoms with Crippen molar-refractivity contribution in [2.45, 2.75) is 20.0 Å². The number of aliphatic hydroxyl groups is 1. The van der Waals surface area contributed by atoms with Crippen LogP contribution in [0.5, 0.6) is 0 Å². The van der Waals surface area contributed by atoms with Crippen LogP contribution in [0.1, 0.15) is 35.9 Å². The standard InChI is InChI=1S/C11H12O2/c1-11(2)9(12)7-5-3-4-6-8(7)10(11)13/h3-6,9,12H,1-2H3/t9-/m1/s1. The first kappa shape index (κ1) is 8.45. The number of hydrogen-bond donors (Lipinski definition) is 1. The maximum atomic E-state index is 11.8. The first-order valence-electron chi connectivity index (χ1n) is 4.37. The fraction of sp³-hybridized carbons (Fsp3) is 0.364. The molecule has 2 rings (SSSR count). The summed E-state index contributed by atoms with van der Waals surface area (Å²) in [5.74, 6) is 0.0376. The molecule has 0 aliphatic heterocycles. The number of ketones is 1. The fourth-order valence-electron chi connectivity index (χ4n) is 1.80. The van der Waals surface area contributed by atoms with Crippen LogP contribution < -0.4 is 0 Å². The van der Waals surface area contributed by atoms with Crippen molar-refractivity contribution in [3.05, 3.63) is 35.4 Å². The number of Topliss-reactive ketones (excluding diaryl/α,β-unsaturated/α-hetero) is 1. The smallest absolute Gasteiger partial charge is 0.171 e. The molecule has 0 saturated carbocycles. The highest BCUT2D eigenvalue weighted by Gasteiger charge is 2.45. The Kier molecular flexibility index (Phi) is 1.57. The molecular formula is C11H12O2. The minimum Gasteiger partial charge on any atom is -0.387 e. The normalized spacial score (nSPS) is 24.5. The zero-order valence-electron chi connectivity index (χ0n) is 7.74. The largest absolute Gasteiger partial charge is 0.387 e. The van der Waals surface area contributed by atoms with Gasteiger partial charge in [-0.15, -0.1) is 0 Å². The van der Waals surface area contributed by atoms with Gasteiger partial charge in [-0.05, 0) is 19.4 Å². The SMILES string of the molecule is CC1(C)C(=O)c2ccccc2[C@H]1O. The highest BCUT2D eigenvalue weighted by molar-refractivity contribution is 6.05. The first-order chi connectivity index (χ1) is 6.05. The Bertz CT molecular complexity index is 366. The Morgan fingerprint density at radius 1 is 1.31 bits per heavy atom. The second-order valence-electron chi connectivity index (χ2n) is 4.04. The highest BCUT2D eigenvalue weighted by Crippen LogP contribution is 2.44. The van der Waals surface area contributed by atoms with Crippen molar-refractivity contribution >= 4 is 5.78 Å². The molecule has 1 aromatic carbocycles. The van der Waals surface area contributed by atoms with Crippen molar-refractivity contribution in [3.63, 3.8) is 0 Å². The fourth-order valence-corrected chi connectivity index (χ4v) is 1.80. The molecule has 0 radical (unpaired) electrons. The molecule has 1 atom stereocenters. The topological polar surface area (TPSA) is 37.3 Å². The van der Waals surface area contributed by atoms with E-state index in [9.17, 15) is 9.90 Å². The summed E-state index contributed by atoms with van der Waals surface area (Å²) in [7, 11) is 0. The molecule has 0 spiro atoms. The van der Waals surface area contributed by atoms with Crippen molar-refractivity contribution in [2.24, 2.45) is 5.41 Å². The molecule has 1 aromatic rings. The second kappa shape index (κ2) is 2.42. The number of aliphatic hydroxyl groups excluding tert-OH is 1. The molecule has 0 amide bonds. The van der Waals surface area contributed by atoms with Crippen molar-refractivity contribution in [1.29, 1.82) is 0 Å². The first-order valence-corrected chi connectivity index (χ1v) is 4.37. The molecule has 2 heteroatoms. The summed E-state index contributed by atoms with van der Waals surface area (Å²) in [4.78, 5) is 11.8. The van der Waals surface area contributed by atoms with E-state index in [2.05, 4.69) is 0 Å². The zero-order chi connectivity index (χ0) is 9.64. The van der Waals surface area contributed by atoms with Gasteiger partial charge >= 0.3 is 0 Å². The van der Waals surface area contributed by atoms with E-state index >= 15 is 0 Å². The maximum Gasteiger partial charge on any atom is 0.171 e. The molecule has 0 saturated heterocycles. The van der Waals surface area contributed by atoms with E-state index in [0.29, 0.717) is 5.56 Å². The van der Waals surface area contributed by atoms with Crippen molar-refractivity contribution in [3.8, 4) is 0 Å². The molecule has 1 aliphatic rings. The predicted octanol–water partition coefficient (Wildman–Crippen LogP) is 1.94. The van der Waals surface area contributed by atoms with Gasteiger partial charge in [0.25, 0.3) is 0 Å². The molecule has 0 unspecified atom stereocenters. The molecule has 1 aliphatic carbocycles. The van der Waals surface area contributed by atoms with E-state index < -0.39 is 11.5 Å². The maximum absolute atomic E-state index is 11.8. The summed E-state index contributed by atoms with van der Waals surface area (Å²) in [6, 6.07) is 7.25. The van der Waals surface area contributed by atoms with Gasteiger partial charge in [-0.3, -0.25) is 4.79 Å². The van der Waals surface area contributed by atoms with Crippen molar-refractivity contribution in [1.82, 2.24) is 0 Å². The van der Waals surface area contributed by atoms with E-state index in [0.717, 1.165) is 5.56 Å². The van der Waals surface area contributed by atoms with Crippen LogP contribution in [0.3, 0.4) is 0 Å². The zero-order valence-corrected chi connectivity index (χ0v) is 7.74. The Morgan fingerprint density at radius 2 is 1.92 bits per heavy atom. The molecule has 1 N–H and O–H groups in total. The van der Waals surface area contributed by atoms with Gasteiger partial charge in [0.15, 0.2) is 5.78 Å². The summed E-state index contributed by atoms with van der Waals surface area (Å²) < 4.78 is 0. The predicted molar refractivity (Wildman–Crippen MR) is 49.5 cm³/mol. The van der Waals surface area contributed by atoms with Gasteiger partial charge < -0.3 is 5.11 Å². The highest BCUT2D eigenvalue weighted by atomic mass is 16.3. The lowest BCUT2D eigenvalue weighted by molar-refractivity contribution is 0.0492. The Hall–Kier alpha value is -1.15. The minimum absolute atomic E-state index is 0.0376. The Morgan fingerprint density at radius 3 is 2.54 bits per heavy atom. The van der Waals surface area contributed by atoms with Crippen LogP contribution in [-0.2, 0) is 0 Å². The average Bonchev–Trinajstić information content (AvgIpc) is 2.30. The Balaban J connectivity index is 2.64. The Labute approximate surface area is 77.2 Å². The molecule has 0 aromatic heterocycles. The molecule has 13 heavy (non-hydrogen) atoms. The molecule has 0 bridgehead atoms. The monoisotopic (exact) mass is 176 g/mol. The number of rotatable bonds is 0. The number of carbonyl (C=O) groups excluding carboxylic acids is 1. The van der Waals surface area contributed by atoms with Crippen LogP contribution >= 0.6 is 0 Å². The number of carbonyl (C=O) groups is 1. The quantitative estimate of drug-likeness (QED) is 0.656. The third kappa shape index (κ3) is 0.954. The van der Waals surface area contributed by atoms with Crippen LogP contribution in [-0.4, -0.2) is 10.9 Å². The van der Waals surface area contributed by atoms with Gasteiger partial charge in [-0.1, -0.05) is 24.3 Å². The summed E-state index contributed by atoms with van der Waals surface area (Å²) in [6.07, 6.45) is -0.656. The molecule has 0 heterocycles. The van der Waals surface area contributed by atoms with Crippen molar-refractivity contribution < 1.29 is 9.90 Å². The van der Waals surface area contributed by atoms with Crippen LogP contribution in [0, 0.1) is 5.41 Å². The van der Waals surface area contributed by atoms with Gasteiger partial charge in [0.1, 0.15) is 0 Å². The van der Waals surface area contributed by atoms with Gasteiger partial charge in [0.2, 0.25) is 0 Å². The summed E-state index contributed by atoms with van der Waals surface area (Å²) in [5, 5.41) is 9.86. The van der Waals surface area contributed by atoms with E-state index in [-0.39, 0.29) is 5.78 Å². The van der Waals surface area contributed by atoms with Gasteiger partial charge in [0, 0.05) is 5.56 Å². The minimum atomic E-state index is -0.663. The number of hydrogen-bond acceptors (Lipinski definition) is 2. The van der Waals surface area contributed by atoms with Crippen LogP contribution in [0.15, 0.2) is 24.3 Å². The van der Waals surface area contributed by atoms with Crippen LogP contribution in [0.2, 0.25) is 0 Å². The molecule has 2 nitrogen and oxygen atoms in total. The summed E-state index contributed by atoms with van der Waals surface area (Å²) >= 11 is 0. The lowest BCUT2D eigenvalue weighted by Gasteiger charge is -2.20. The lowest BCUT2D eigenvalue weighted by atomic mass is 9.86. The molecule has 0 fully saturated rings. The average molecular weight is 176 g/mol. The van der Waals surface area contributed by atoms with E-state index in [1.807, 2.05) is 18.2 Å². The second-order valence-corrected chi connectivity index (χ2v) is 4.04. The molecule has 68 valence electrons. The van der Waals surface area contributed by atoms with Gasteiger partial charge in [-0.25, -0.2) is 0 Å². The number of fused-ring (bicyclic) bond motifs is 1. The van der Waals surface area contributed by atoms with E-state index in [1.54, 1.807) is 19.9 Å². The van der Waals surface area contributed by atoms with Crippen molar-refractivity contribution in [2.75, 3.05) is 0 Å². The lowest BCUT2D eigenvalue weighted by Crippen LogP contribution is -2.23. The van der Waals surface area contributed by atoms with E-state index in [4.69, 9.17) is 0 Å². The van der Waals surface area contributed by atoms with E-state index in [1.165, 1.54) is 0 Å². The van der Waals surface area contributed by atoms with Gasteiger partial charge in [0.05, 0.1) is 11.5 Å². The third-order valence-corrected chi connectivity index (χ3v) is 2.77. The molecular weight excluding hydrogens is 164 g/mol. The van der Waals surface area contributed by atoms with Crippen LogP contribution in [0.25, 0.3) is 0 Å². The number of benzene rings is 1. The summed E-state index contributed by atoms with van der Waals surface area (Å²) in [6.45, 7) is 3.56. The third-order valence-electron chi connectivity index (χ3n) is 2.77. The van der Waals surface area contributed by atoms with Gasteiger partial charge in [-0.2, -0.15) is 0 Å². The van der Waals surface area contributed by atoms with Crippen LogP contribution in [0.4, 0.5) is 0 Å². The summed E-state index contributed by atoms with van der Waals surface area (Å²) in [5.41, 5.74) is 0.765.